The van der Waals surface area contributed by atoms with E-state index < -0.39 is 11.9 Å². The molecule has 0 amide bonds. The zero-order valence-corrected chi connectivity index (χ0v) is 15.4. The molecule has 1 N–H and O–H groups in total. The zero-order chi connectivity index (χ0) is 18.8. The number of carbonyl (C=O) groups is 2. The maximum Gasteiger partial charge on any atom is 0.338 e. The molecule has 0 atom stereocenters. The summed E-state index contributed by atoms with van der Waals surface area (Å²) in [6, 6.07) is 2.68. The molecule has 0 aliphatic heterocycles. The summed E-state index contributed by atoms with van der Waals surface area (Å²) in [5.41, 5.74) is -0.192. The molecule has 0 unspecified atom stereocenters. The summed E-state index contributed by atoms with van der Waals surface area (Å²) in [4.78, 5) is 31.9. The molecular formula is C17H16Cl2N2O4. The van der Waals surface area contributed by atoms with Crippen molar-refractivity contribution < 1.29 is 19.4 Å². The average molecular weight is 383 g/mol. The number of esters is 1. The fourth-order valence-electron chi connectivity index (χ4n) is 2.06. The first-order valence-electron chi connectivity index (χ1n) is 7.31. The molecular weight excluding hydrogens is 367 g/mol. The molecule has 0 aliphatic rings. The summed E-state index contributed by atoms with van der Waals surface area (Å²) in [6.07, 6.45) is 2.60. The van der Waals surface area contributed by atoms with Gasteiger partial charge in [-0.1, -0.05) is 44.0 Å². The van der Waals surface area contributed by atoms with Crippen LogP contribution in [0.25, 0.3) is 11.1 Å². The molecule has 0 aromatic carbocycles. The Hall–Kier alpha value is -2.18. The van der Waals surface area contributed by atoms with Crippen molar-refractivity contribution in [3.8, 4) is 11.1 Å². The highest BCUT2D eigenvalue weighted by Gasteiger charge is 2.26. The van der Waals surface area contributed by atoms with Crippen LogP contribution in [-0.4, -0.2) is 33.6 Å². The zero-order valence-electron chi connectivity index (χ0n) is 13.8. The van der Waals surface area contributed by atoms with Gasteiger partial charge in [0.25, 0.3) is 0 Å². The van der Waals surface area contributed by atoms with E-state index in [0.29, 0.717) is 0 Å². The number of carboxylic acids is 1. The number of hydrogen-bond donors (Lipinski definition) is 1. The predicted octanol–water partition coefficient (Wildman–Crippen LogP) is 4.35. The largest absolute Gasteiger partial charge is 0.478 e. The van der Waals surface area contributed by atoms with Crippen LogP contribution in [0, 0.1) is 5.41 Å². The molecule has 6 nitrogen and oxygen atoms in total. The van der Waals surface area contributed by atoms with Gasteiger partial charge in [0, 0.05) is 23.5 Å². The highest BCUT2D eigenvalue weighted by Crippen LogP contribution is 2.37. The van der Waals surface area contributed by atoms with Crippen molar-refractivity contribution in [2.75, 3.05) is 6.61 Å². The fraction of sp³-hybridized carbons (Fsp3) is 0.294. The number of hydrogen-bond acceptors (Lipinski definition) is 5. The van der Waals surface area contributed by atoms with Gasteiger partial charge in [0.05, 0.1) is 17.7 Å². The summed E-state index contributed by atoms with van der Waals surface area (Å²) < 4.78 is 5.31. The minimum absolute atomic E-state index is 0.0254. The molecule has 2 rings (SSSR count). The number of halogens is 2. The first kappa shape index (κ1) is 19.1. The lowest BCUT2D eigenvalue weighted by molar-refractivity contribution is 0.0367. The summed E-state index contributed by atoms with van der Waals surface area (Å²) in [5.74, 6) is -1.88. The van der Waals surface area contributed by atoms with E-state index in [1.807, 2.05) is 20.8 Å². The molecule has 2 heterocycles. The van der Waals surface area contributed by atoms with Crippen molar-refractivity contribution in [2.24, 2.45) is 5.41 Å². The van der Waals surface area contributed by atoms with Gasteiger partial charge in [-0.25, -0.2) is 19.6 Å². The molecule has 25 heavy (non-hydrogen) atoms. The SMILES string of the molecule is CC(C)(C)COC(=O)c1ccnc(Cl)c1-c1c(C(=O)O)ccnc1Cl. The van der Waals surface area contributed by atoms with E-state index >= 15 is 0 Å². The Bertz CT molecular complexity index is 832. The lowest BCUT2D eigenvalue weighted by atomic mass is 9.97. The third kappa shape index (κ3) is 4.46. The van der Waals surface area contributed by atoms with Crippen LogP contribution in [0.3, 0.4) is 0 Å². The predicted molar refractivity (Wildman–Crippen MR) is 94.2 cm³/mol. The third-order valence-electron chi connectivity index (χ3n) is 3.15. The van der Waals surface area contributed by atoms with Crippen LogP contribution >= 0.6 is 23.2 Å². The number of aromatic carboxylic acids is 1. The monoisotopic (exact) mass is 382 g/mol. The molecule has 2 aromatic heterocycles. The maximum atomic E-state index is 12.5. The molecule has 0 saturated heterocycles. The van der Waals surface area contributed by atoms with E-state index in [-0.39, 0.29) is 44.6 Å². The van der Waals surface area contributed by atoms with Crippen LogP contribution < -0.4 is 0 Å². The molecule has 0 bridgehead atoms. The molecule has 0 fully saturated rings. The number of pyridine rings is 2. The topological polar surface area (TPSA) is 89.4 Å². The number of carboxylic acid groups (broad SMARTS) is 1. The van der Waals surface area contributed by atoms with Crippen molar-refractivity contribution in [3.63, 3.8) is 0 Å². The van der Waals surface area contributed by atoms with Crippen LogP contribution in [0.1, 0.15) is 41.5 Å². The highest BCUT2D eigenvalue weighted by molar-refractivity contribution is 6.36. The lowest BCUT2D eigenvalue weighted by Crippen LogP contribution is -2.19. The van der Waals surface area contributed by atoms with E-state index in [1.165, 1.54) is 24.5 Å². The summed E-state index contributed by atoms with van der Waals surface area (Å²) >= 11 is 12.2. The van der Waals surface area contributed by atoms with Crippen molar-refractivity contribution >= 4 is 35.1 Å². The molecule has 0 saturated carbocycles. The van der Waals surface area contributed by atoms with Gasteiger partial charge in [-0.15, -0.1) is 0 Å². The first-order valence-corrected chi connectivity index (χ1v) is 8.07. The van der Waals surface area contributed by atoms with Gasteiger partial charge in [0.15, 0.2) is 0 Å². The minimum atomic E-state index is -1.23. The average Bonchev–Trinajstić information content (AvgIpc) is 2.52. The Labute approximate surface area is 154 Å². The Kier molecular flexibility index (Phi) is 5.65. The fourth-order valence-corrected chi connectivity index (χ4v) is 2.56. The Morgan fingerprint density at radius 2 is 1.52 bits per heavy atom. The van der Waals surface area contributed by atoms with Crippen molar-refractivity contribution in [2.45, 2.75) is 20.8 Å². The third-order valence-corrected chi connectivity index (χ3v) is 3.72. The lowest BCUT2D eigenvalue weighted by Gasteiger charge is -2.19. The quantitative estimate of drug-likeness (QED) is 0.624. The second-order valence-corrected chi connectivity index (χ2v) is 7.21. The molecule has 0 aliphatic carbocycles. The van der Waals surface area contributed by atoms with Crippen LogP contribution in [0.2, 0.25) is 10.3 Å². The van der Waals surface area contributed by atoms with E-state index in [4.69, 9.17) is 27.9 Å². The van der Waals surface area contributed by atoms with Crippen LogP contribution in [0.5, 0.6) is 0 Å². The molecule has 132 valence electrons. The number of rotatable bonds is 4. The normalized spacial score (nSPS) is 11.2. The Morgan fingerprint density at radius 1 is 1.04 bits per heavy atom. The number of carbonyl (C=O) groups excluding carboxylic acids is 1. The van der Waals surface area contributed by atoms with Crippen molar-refractivity contribution in [1.82, 2.24) is 9.97 Å². The van der Waals surface area contributed by atoms with Gasteiger partial charge < -0.3 is 9.84 Å². The second-order valence-electron chi connectivity index (χ2n) is 6.49. The van der Waals surface area contributed by atoms with E-state index in [9.17, 15) is 14.7 Å². The van der Waals surface area contributed by atoms with Gasteiger partial charge >= 0.3 is 11.9 Å². The smallest absolute Gasteiger partial charge is 0.338 e. The van der Waals surface area contributed by atoms with Crippen LogP contribution in [0.4, 0.5) is 0 Å². The van der Waals surface area contributed by atoms with Gasteiger partial charge in [0.1, 0.15) is 10.3 Å². The van der Waals surface area contributed by atoms with Crippen LogP contribution in [0.15, 0.2) is 24.5 Å². The van der Waals surface area contributed by atoms with E-state index in [1.54, 1.807) is 0 Å². The van der Waals surface area contributed by atoms with Crippen molar-refractivity contribution in [1.29, 1.82) is 0 Å². The molecule has 0 spiro atoms. The van der Waals surface area contributed by atoms with E-state index in [0.717, 1.165) is 0 Å². The maximum absolute atomic E-state index is 12.5. The van der Waals surface area contributed by atoms with Crippen molar-refractivity contribution in [3.05, 3.63) is 46.0 Å². The Balaban J connectivity index is 2.61. The summed E-state index contributed by atoms with van der Waals surface area (Å²) in [7, 11) is 0. The second kappa shape index (κ2) is 7.37. The van der Waals surface area contributed by atoms with Gasteiger partial charge in [-0.3, -0.25) is 0 Å². The number of ether oxygens (including phenoxy) is 1. The Morgan fingerprint density at radius 3 is 2.00 bits per heavy atom. The standard InChI is InChI=1S/C17H16Cl2N2O4/c1-17(2,3)8-25-16(24)10-5-7-21-14(19)12(10)11-9(15(22)23)4-6-20-13(11)18/h4-7H,8H2,1-3H3,(H,22,23). The number of nitrogens with zero attached hydrogens (tertiary/aromatic N) is 2. The highest BCUT2D eigenvalue weighted by atomic mass is 35.5. The molecule has 8 heteroatoms. The molecule has 0 radical (unpaired) electrons. The number of aromatic nitrogens is 2. The first-order chi connectivity index (χ1) is 11.6. The van der Waals surface area contributed by atoms with Gasteiger partial charge in [0.2, 0.25) is 0 Å². The van der Waals surface area contributed by atoms with Crippen LogP contribution in [-0.2, 0) is 4.74 Å². The van der Waals surface area contributed by atoms with Gasteiger partial charge in [-0.05, 0) is 17.5 Å². The minimum Gasteiger partial charge on any atom is -0.478 e. The van der Waals surface area contributed by atoms with E-state index in [2.05, 4.69) is 9.97 Å². The van der Waals surface area contributed by atoms with Gasteiger partial charge in [-0.2, -0.15) is 0 Å². The summed E-state index contributed by atoms with van der Waals surface area (Å²) in [6.45, 7) is 5.93. The molecule has 2 aromatic rings. The summed E-state index contributed by atoms with van der Waals surface area (Å²) in [5, 5.41) is 9.25.